The molecule has 2 heterocycles. The zero-order valence-corrected chi connectivity index (χ0v) is 19.3. The van der Waals surface area contributed by atoms with E-state index in [2.05, 4.69) is 26.0 Å². The van der Waals surface area contributed by atoms with Gasteiger partial charge in [-0.25, -0.2) is 0 Å². The Balaban J connectivity index is 1.21. The van der Waals surface area contributed by atoms with Crippen LogP contribution in [0.25, 0.3) is 0 Å². The van der Waals surface area contributed by atoms with Crippen LogP contribution in [0.3, 0.4) is 0 Å². The van der Waals surface area contributed by atoms with Gasteiger partial charge in [-0.05, 0) is 61.9 Å². The lowest BCUT2D eigenvalue weighted by molar-refractivity contribution is -0.155. The molecule has 0 bridgehead atoms. The Bertz CT molecular complexity index is 890. The maximum atomic E-state index is 13.0. The lowest BCUT2D eigenvalue weighted by Crippen LogP contribution is -2.52. The van der Waals surface area contributed by atoms with Crippen LogP contribution in [0.4, 0.5) is 0 Å². The zero-order valence-electron chi connectivity index (χ0n) is 19.3. The molecule has 4 rings (SSSR count). The van der Waals surface area contributed by atoms with E-state index in [-0.39, 0.29) is 17.6 Å². The topological polar surface area (TPSA) is 48.0 Å². The van der Waals surface area contributed by atoms with Crippen molar-refractivity contribution >= 4 is 5.91 Å². The Morgan fingerprint density at radius 2 is 1.84 bits per heavy atom. The molecule has 172 valence electrons. The molecule has 1 atom stereocenters. The summed E-state index contributed by atoms with van der Waals surface area (Å²) >= 11 is 0. The van der Waals surface area contributed by atoms with Gasteiger partial charge in [0, 0.05) is 31.7 Å². The van der Waals surface area contributed by atoms with Gasteiger partial charge in [-0.3, -0.25) is 4.79 Å². The number of nitrogens with zero attached hydrogens (tertiary/aromatic N) is 1. The second kappa shape index (κ2) is 10.6. The van der Waals surface area contributed by atoms with Crippen LogP contribution in [0.5, 0.6) is 0 Å². The largest absolute Gasteiger partial charge is 0.376 e. The summed E-state index contributed by atoms with van der Waals surface area (Å²) in [7, 11) is 0. The number of hydrogen-bond donors (Lipinski definition) is 0. The van der Waals surface area contributed by atoms with Gasteiger partial charge in [-0.1, -0.05) is 36.4 Å². The Kier molecular flexibility index (Phi) is 7.61. The summed E-state index contributed by atoms with van der Waals surface area (Å²) < 4.78 is 18.1. The first kappa shape index (κ1) is 23.0. The normalized spacial score (nSPS) is 20.4. The second-order valence-electron chi connectivity index (χ2n) is 9.15. The van der Waals surface area contributed by atoms with Crippen molar-refractivity contribution in [3.63, 3.8) is 0 Å². The number of aryl methyl sites for hydroxylation is 2. The van der Waals surface area contributed by atoms with Crippen molar-refractivity contribution < 1.29 is 19.0 Å². The van der Waals surface area contributed by atoms with Gasteiger partial charge in [0.15, 0.2) is 0 Å². The van der Waals surface area contributed by atoms with Gasteiger partial charge in [0.1, 0.15) is 0 Å². The predicted octanol–water partition coefficient (Wildman–Crippen LogP) is 4.69. The third kappa shape index (κ3) is 5.77. The molecule has 2 aromatic rings. The van der Waals surface area contributed by atoms with Crippen molar-refractivity contribution in [3.8, 4) is 0 Å². The molecule has 5 heteroatoms. The molecule has 0 aliphatic carbocycles. The molecule has 1 amide bonds. The molecule has 0 saturated carbocycles. The number of ether oxygens (including phenoxy) is 3. The molecule has 1 unspecified atom stereocenters. The smallest absolute Gasteiger partial charge is 0.253 e. The fourth-order valence-electron chi connectivity index (χ4n) is 4.69. The number of carbonyl (C=O) groups is 1. The van der Waals surface area contributed by atoms with Crippen LogP contribution in [-0.4, -0.2) is 55.4 Å². The summed E-state index contributed by atoms with van der Waals surface area (Å²) in [6.07, 6.45) is 3.76. The summed E-state index contributed by atoms with van der Waals surface area (Å²) in [5, 5.41) is 0. The molecule has 2 fully saturated rings. The average molecular weight is 438 g/mol. The van der Waals surface area contributed by atoms with Crippen LogP contribution in [-0.2, 0) is 20.8 Å². The van der Waals surface area contributed by atoms with E-state index in [0.717, 1.165) is 56.5 Å². The van der Waals surface area contributed by atoms with Crippen molar-refractivity contribution in [3.05, 3.63) is 70.8 Å². The first-order valence-corrected chi connectivity index (χ1v) is 11.8. The molecule has 2 aliphatic rings. The van der Waals surface area contributed by atoms with Crippen molar-refractivity contribution in [2.45, 2.75) is 57.8 Å². The van der Waals surface area contributed by atoms with Crippen LogP contribution in [0, 0.1) is 13.8 Å². The third-order valence-electron chi connectivity index (χ3n) is 6.86. The summed E-state index contributed by atoms with van der Waals surface area (Å²) in [6, 6.07) is 16.2. The highest BCUT2D eigenvalue weighted by atomic mass is 16.5. The van der Waals surface area contributed by atoms with Crippen LogP contribution in [0.2, 0.25) is 0 Å². The van der Waals surface area contributed by atoms with Crippen molar-refractivity contribution in [1.29, 1.82) is 0 Å². The van der Waals surface area contributed by atoms with Gasteiger partial charge in [0.25, 0.3) is 5.91 Å². The first-order valence-electron chi connectivity index (χ1n) is 11.8. The Labute approximate surface area is 191 Å². The summed E-state index contributed by atoms with van der Waals surface area (Å²) in [5.41, 5.74) is 4.18. The number of carbonyl (C=O) groups excluding carboxylic acids is 1. The van der Waals surface area contributed by atoms with Gasteiger partial charge in [-0.15, -0.1) is 0 Å². The lowest BCUT2D eigenvalue weighted by atomic mass is 9.83. The van der Waals surface area contributed by atoms with E-state index in [1.165, 1.54) is 11.1 Å². The minimum atomic E-state index is -0.159. The Morgan fingerprint density at radius 3 is 2.59 bits per heavy atom. The van der Waals surface area contributed by atoms with E-state index in [1.807, 2.05) is 41.3 Å². The van der Waals surface area contributed by atoms with E-state index < -0.39 is 0 Å². The molecule has 5 nitrogen and oxygen atoms in total. The highest BCUT2D eigenvalue weighted by Crippen LogP contribution is 2.36. The molecular weight excluding hydrogens is 402 g/mol. The number of hydrogen-bond acceptors (Lipinski definition) is 4. The van der Waals surface area contributed by atoms with Gasteiger partial charge in [0.2, 0.25) is 0 Å². The van der Waals surface area contributed by atoms with Crippen LogP contribution >= 0.6 is 0 Å². The zero-order chi connectivity index (χ0) is 22.4. The monoisotopic (exact) mass is 437 g/mol. The maximum absolute atomic E-state index is 13.0. The summed E-state index contributed by atoms with van der Waals surface area (Å²) in [6.45, 7) is 8.13. The third-order valence-corrected chi connectivity index (χ3v) is 6.86. The number of benzene rings is 2. The van der Waals surface area contributed by atoms with E-state index in [4.69, 9.17) is 14.2 Å². The number of piperidine rings is 1. The maximum Gasteiger partial charge on any atom is 0.253 e. The van der Waals surface area contributed by atoms with Crippen LogP contribution in [0.15, 0.2) is 48.5 Å². The first-order chi connectivity index (χ1) is 15.5. The molecule has 32 heavy (non-hydrogen) atoms. The van der Waals surface area contributed by atoms with Crippen molar-refractivity contribution in [2.75, 3.05) is 32.9 Å². The Morgan fingerprint density at radius 1 is 1.06 bits per heavy atom. The van der Waals surface area contributed by atoms with E-state index in [1.54, 1.807) is 0 Å². The predicted molar refractivity (Wildman–Crippen MR) is 125 cm³/mol. The van der Waals surface area contributed by atoms with E-state index >= 15 is 0 Å². The molecule has 0 aromatic heterocycles. The highest BCUT2D eigenvalue weighted by molar-refractivity contribution is 5.94. The molecule has 0 N–H and O–H groups in total. The van der Waals surface area contributed by atoms with Crippen LogP contribution in [0.1, 0.15) is 52.7 Å². The average Bonchev–Trinajstić information content (AvgIpc) is 2.81. The molecule has 2 aliphatic heterocycles. The Hall–Kier alpha value is -2.21. The molecule has 2 saturated heterocycles. The quantitative estimate of drug-likeness (QED) is 0.590. The number of likely N-dealkylation sites (tertiary alicyclic amines) is 1. The van der Waals surface area contributed by atoms with Gasteiger partial charge in [-0.2, -0.15) is 0 Å². The SMILES string of the molecule is Cc1ccc(C(=O)N2CCC3(CC2)CC(OCCOCc2ccccc2)CCO3)cc1C. The molecular formula is C27H35NO4. The van der Waals surface area contributed by atoms with E-state index in [0.29, 0.717) is 19.8 Å². The van der Waals surface area contributed by atoms with Crippen molar-refractivity contribution in [2.24, 2.45) is 0 Å². The van der Waals surface area contributed by atoms with Crippen molar-refractivity contribution in [1.82, 2.24) is 4.90 Å². The minimum absolute atomic E-state index is 0.127. The second-order valence-corrected chi connectivity index (χ2v) is 9.15. The number of rotatable bonds is 7. The fraction of sp³-hybridized carbons (Fsp3) is 0.519. The molecule has 0 radical (unpaired) electrons. The van der Waals surface area contributed by atoms with Gasteiger partial charge >= 0.3 is 0 Å². The molecule has 1 spiro atoms. The lowest BCUT2D eigenvalue weighted by Gasteiger charge is -2.46. The number of amides is 1. The van der Waals surface area contributed by atoms with Gasteiger partial charge < -0.3 is 19.1 Å². The highest BCUT2D eigenvalue weighted by Gasteiger charge is 2.41. The minimum Gasteiger partial charge on any atom is -0.376 e. The summed E-state index contributed by atoms with van der Waals surface area (Å²) in [5.74, 6) is 0.127. The summed E-state index contributed by atoms with van der Waals surface area (Å²) in [4.78, 5) is 14.9. The standard InChI is InChI=1S/C27H35NO4/c1-21-8-9-24(18-22(21)2)26(29)28-13-11-27(12-14-28)19-25(10-15-32-27)31-17-16-30-20-23-6-4-3-5-7-23/h3-9,18,25H,10-17,19-20H2,1-2H3. The van der Waals surface area contributed by atoms with E-state index in [9.17, 15) is 4.79 Å². The van der Waals surface area contributed by atoms with Gasteiger partial charge in [0.05, 0.1) is 31.5 Å². The fourth-order valence-corrected chi connectivity index (χ4v) is 4.69. The van der Waals surface area contributed by atoms with Crippen LogP contribution < -0.4 is 0 Å². The molecule has 2 aromatic carbocycles.